The molecule has 82 valence electrons. The van der Waals surface area contributed by atoms with Crippen LogP contribution in [0.1, 0.15) is 26.7 Å². The van der Waals surface area contributed by atoms with Gasteiger partial charge in [-0.1, -0.05) is 6.92 Å². The van der Waals surface area contributed by atoms with Crippen molar-refractivity contribution in [2.75, 3.05) is 19.7 Å². The van der Waals surface area contributed by atoms with Crippen molar-refractivity contribution in [3.05, 3.63) is 0 Å². The Bertz CT molecular complexity index is 179. The molecule has 0 bridgehead atoms. The van der Waals surface area contributed by atoms with Gasteiger partial charge in [0.2, 0.25) is 5.91 Å². The Morgan fingerprint density at radius 1 is 1.64 bits per heavy atom. The summed E-state index contributed by atoms with van der Waals surface area (Å²) < 4.78 is 5.27. The molecule has 0 radical (unpaired) electrons. The monoisotopic (exact) mass is 200 g/mol. The zero-order chi connectivity index (χ0) is 10.4. The van der Waals surface area contributed by atoms with Crippen LogP contribution in [0.25, 0.3) is 0 Å². The minimum absolute atomic E-state index is 0.0345. The maximum absolute atomic E-state index is 11.5. The van der Waals surface area contributed by atoms with Gasteiger partial charge in [-0.3, -0.25) is 4.79 Å². The van der Waals surface area contributed by atoms with Gasteiger partial charge in [-0.15, -0.1) is 0 Å². The van der Waals surface area contributed by atoms with Crippen LogP contribution in [0.2, 0.25) is 0 Å². The lowest BCUT2D eigenvalue weighted by molar-refractivity contribution is -0.130. The van der Waals surface area contributed by atoms with Crippen molar-refractivity contribution in [3.8, 4) is 0 Å². The van der Waals surface area contributed by atoms with Crippen LogP contribution < -0.4 is 10.6 Å². The van der Waals surface area contributed by atoms with E-state index in [9.17, 15) is 4.79 Å². The molecule has 1 rings (SSSR count). The Labute approximate surface area is 85.4 Å². The zero-order valence-electron chi connectivity index (χ0n) is 9.01. The van der Waals surface area contributed by atoms with E-state index in [1.54, 1.807) is 0 Å². The number of rotatable bonds is 5. The van der Waals surface area contributed by atoms with Crippen molar-refractivity contribution >= 4 is 5.91 Å². The molecule has 4 nitrogen and oxygen atoms in total. The molecule has 0 aromatic heterocycles. The fraction of sp³-hybridized carbons (Fsp3) is 0.900. The number of nitrogens with one attached hydrogen (secondary N) is 2. The highest BCUT2D eigenvalue weighted by molar-refractivity contribution is 5.80. The standard InChI is InChI=1S/C10H20N2O2/c1-3-11-8(2)7-12-10(13)9-5-4-6-14-9/h8-9,11H,3-7H2,1-2H3,(H,12,13)/t8-,9?/m1/s1. The minimum atomic E-state index is -0.205. The Balaban J connectivity index is 2.13. The topological polar surface area (TPSA) is 50.4 Å². The number of hydrogen-bond donors (Lipinski definition) is 2. The SMILES string of the molecule is CCN[C@H](C)CNC(=O)C1CCCO1. The van der Waals surface area contributed by atoms with Crippen LogP contribution in [-0.2, 0) is 9.53 Å². The quantitative estimate of drug-likeness (QED) is 0.670. The van der Waals surface area contributed by atoms with Crippen LogP contribution in [0.5, 0.6) is 0 Å². The number of carbonyl (C=O) groups is 1. The van der Waals surface area contributed by atoms with Gasteiger partial charge in [-0.2, -0.15) is 0 Å². The molecule has 0 aromatic carbocycles. The Morgan fingerprint density at radius 2 is 2.43 bits per heavy atom. The van der Waals surface area contributed by atoms with Gasteiger partial charge >= 0.3 is 0 Å². The van der Waals surface area contributed by atoms with E-state index in [2.05, 4.69) is 24.5 Å². The first-order valence-corrected chi connectivity index (χ1v) is 5.36. The van der Waals surface area contributed by atoms with E-state index < -0.39 is 0 Å². The van der Waals surface area contributed by atoms with Gasteiger partial charge in [0.25, 0.3) is 0 Å². The van der Waals surface area contributed by atoms with E-state index >= 15 is 0 Å². The van der Waals surface area contributed by atoms with Crippen LogP contribution in [0.15, 0.2) is 0 Å². The molecule has 1 fully saturated rings. The van der Waals surface area contributed by atoms with Crippen molar-refractivity contribution in [2.45, 2.75) is 38.8 Å². The average Bonchev–Trinajstić information content (AvgIpc) is 2.67. The molecule has 1 aliphatic heterocycles. The van der Waals surface area contributed by atoms with Gasteiger partial charge in [0.15, 0.2) is 0 Å². The molecule has 1 heterocycles. The third-order valence-corrected chi connectivity index (χ3v) is 2.36. The number of ether oxygens (including phenoxy) is 1. The second-order valence-corrected chi connectivity index (χ2v) is 3.71. The third-order valence-electron chi connectivity index (χ3n) is 2.36. The van der Waals surface area contributed by atoms with Gasteiger partial charge < -0.3 is 15.4 Å². The smallest absolute Gasteiger partial charge is 0.249 e. The van der Waals surface area contributed by atoms with E-state index in [1.807, 2.05) is 0 Å². The highest BCUT2D eigenvalue weighted by atomic mass is 16.5. The summed E-state index contributed by atoms with van der Waals surface area (Å²) in [6, 6.07) is 0.324. The molecule has 0 aromatic rings. The summed E-state index contributed by atoms with van der Waals surface area (Å²) in [5, 5.41) is 6.12. The van der Waals surface area contributed by atoms with Crippen molar-refractivity contribution in [1.29, 1.82) is 0 Å². The molecule has 0 aliphatic carbocycles. The van der Waals surface area contributed by atoms with Gasteiger partial charge in [0.1, 0.15) is 6.10 Å². The molecule has 2 atom stereocenters. The molecular formula is C10H20N2O2. The molecule has 1 unspecified atom stereocenters. The van der Waals surface area contributed by atoms with Gasteiger partial charge in [0, 0.05) is 19.2 Å². The predicted molar refractivity (Wildman–Crippen MR) is 55.1 cm³/mol. The van der Waals surface area contributed by atoms with Crippen LogP contribution in [0, 0.1) is 0 Å². The first kappa shape index (κ1) is 11.5. The lowest BCUT2D eigenvalue weighted by atomic mass is 10.2. The molecule has 0 spiro atoms. The van der Waals surface area contributed by atoms with E-state index in [0.29, 0.717) is 12.6 Å². The fourth-order valence-corrected chi connectivity index (χ4v) is 1.57. The Morgan fingerprint density at radius 3 is 3.00 bits per heavy atom. The predicted octanol–water partition coefficient (Wildman–Crippen LogP) is 0.280. The number of carbonyl (C=O) groups excluding carboxylic acids is 1. The lowest BCUT2D eigenvalue weighted by Crippen LogP contribution is -2.42. The first-order chi connectivity index (χ1) is 6.74. The highest BCUT2D eigenvalue weighted by Crippen LogP contribution is 2.11. The summed E-state index contributed by atoms with van der Waals surface area (Å²) in [7, 11) is 0. The van der Waals surface area contributed by atoms with Crippen molar-refractivity contribution in [1.82, 2.24) is 10.6 Å². The van der Waals surface area contributed by atoms with Crippen LogP contribution in [-0.4, -0.2) is 37.7 Å². The van der Waals surface area contributed by atoms with Crippen molar-refractivity contribution in [3.63, 3.8) is 0 Å². The van der Waals surface area contributed by atoms with Gasteiger partial charge in [-0.05, 0) is 26.3 Å². The van der Waals surface area contributed by atoms with E-state index in [1.165, 1.54) is 0 Å². The van der Waals surface area contributed by atoms with Crippen molar-refractivity contribution < 1.29 is 9.53 Å². The lowest BCUT2D eigenvalue weighted by Gasteiger charge is -2.15. The second kappa shape index (κ2) is 5.98. The van der Waals surface area contributed by atoms with Crippen LogP contribution in [0.3, 0.4) is 0 Å². The fourth-order valence-electron chi connectivity index (χ4n) is 1.57. The molecule has 0 saturated carbocycles. The summed E-state index contributed by atoms with van der Waals surface area (Å²) in [5.74, 6) is 0.0345. The average molecular weight is 200 g/mol. The Hall–Kier alpha value is -0.610. The van der Waals surface area contributed by atoms with Crippen LogP contribution >= 0.6 is 0 Å². The summed E-state index contributed by atoms with van der Waals surface area (Å²) in [4.78, 5) is 11.5. The highest BCUT2D eigenvalue weighted by Gasteiger charge is 2.23. The second-order valence-electron chi connectivity index (χ2n) is 3.71. The zero-order valence-corrected chi connectivity index (χ0v) is 9.01. The van der Waals surface area contributed by atoms with E-state index in [4.69, 9.17) is 4.74 Å². The summed E-state index contributed by atoms with van der Waals surface area (Å²) in [5.41, 5.74) is 0. The maximum atomic E-state index is 11.5. The molecule has 2 N–H and O–H groups in total. The Kier molecular flexibility index (Phi) is 4.90. The van der Waals surface area contributed by atoms with Crippen LogP contribution in [0.4, 0.5) is 0 Å². The number of likely N-dealkylation sites (N-methyl/N-ethyl adjacent to an activating group) is 1. The van der Waals surface area contributed by atoms with Gasteiger partial charge in [0.05, 0.1) is 0 Å². The molecule has 4 heteroatoms. The molecule has 1 amide bonds. The summed E-state index contributed by atoms with van der Waals surface area (Å²) in [6.45, 7) is 6.43. The number of amides is 1. The molecule has 1 saturated heterocycles. The first-order valence-electron chi connectivity index (χ1n) is 5.36. The third kappa shape index (κ3) is 3.64. The van der Waals surface area contributed by atoms with Gasteiger partial charge in [-0.25, -0.2) is 0 Å². The van der Waals surface area contributed by atoms with Crippen molar-refractivity contribution in [2.24, 2.45) is 0 Å². The summed E-state index contributed by atoms with van der Waals surface area (Å²) in [6.07, 6.45) is 1.66. The molecule has 1 aliphatic rings. The molecule has 14 heavy (non-hydrogen) atoms. The molecular weight excluding hydrogens is 180 g/mol. The largest absolute Gasteiger partial charge is 0.368 e. The number of hydrogen-bond acceptors (Lipinski definition) is 3. The normalized spacial score (nSPS) is 23.4. The maximum Gasteiger partial charge on any atom is 0.249 e. The summed E-state index contributed by atoms with van der Waals surface area (Å²) >= 11 is 0. The van der Waals surface area contributed by atoms with E-state index in [0.717, 1.165) is 26.0 Å². The minimum Gasteiger partial charge on any atom is -0.368 e. The van der Waals surface area contributed by atoms with E-state index in [-0.39, 0.29) is 12.0 Å².